The number of anilines is 1. The highest BCUT2D eigenvalue weighted by Crippen LogP contribution is 2.24. The number of aryl methyl sites for hydroxylation is 1. The van der Waals surface area contributed by atoms with E-state index in [1.165, 1.54) is 5.56 Å². The minimum absolute atomic E-state index is 0.141. The Morgan fingerprint density at radius 2 is 1.84 bits per heavy atom. The van der Waals surface area contributed by atoms with Gasteiger partial charge >= 0.3 is 0 Å². The highest BCUT2D eigenvalue weighted by atomic mass is 35.5. The van der Waals surface area contributed by atoms with Crippen LogP contribution in [-0.2, 0) is 11.3 Å². The molecule has 1 amide bonds. The van der Waals surface area contributed by atoms with Crippen molar-refractivity contribution in [2.24, 2.45) is 5.92 Å². The van der Waals surface area contributed by atoms with E-state index in [4.69, 9.17) is 16.6 Å². The maximum atomic E-state index is 13.1. The van der Waals surface area contributed by atoms with Gasteiger partial charge in [0.05, 0.1) is 17.6 Å². The lowest BCUT2D eigenvalue weighted by molar-refractivity contribution is -0.137. The summed E-state index contributed by atoms with van der Waals surface area (Å²) in [6.07, 6.45) is 1.85. The summed E-state index contributed by atoms with van der Waals surface area (Å²) in [6.45, 7) is 8.07. The molecule has 3 aromatic rings. The van der Waals surface area contributed by atoms with Crippen LogP contribution in [0.25, 0.3) is 11.0 Å². The molecule has 1 N–H and O–H groups in total. The number of hydrogen-bond acceptors (Lipinski definition) is 4. The number of piperidine rings is 1. The van der Waals surface area contributed by atoms with Crippen LogP contribution in [0.2, 0.25) is 5.02 Å². The van der Waals surface area contributed by atoms with Crippen LogP contribution in [0.15, 0.2) is 42.5 Å². The van der Waals surface area contributed by atoms with Gasteiger partial charge < -0.3 is 14.8 Å². The Hall–Kier alpha value is -2.57. The molecule has 5 rings (SSSR count). The fraction of sp³-hybridized carbons (Fsp3) is 0.440. The number of likely N-dealkylation sites (tertiary alicyclic amines) is 1. The van der Waals surface area contributed by atoms with Crippen molar-refractivity contribution in [3.05, 3.63) is 58.9 Å². The maximum absolute atomic E-state index is 13.1. The first-order chi connectivity index (χ1) is 15.5. The van der Waals surface area contributed by atoms with Gasteiger partial charge in [-0.3, -0.25) is 9.69 Å². The van der Waals surface area contributed by atoms with E-state index >= 15 is 0 Å². The summed E-state index contributed by atoms with van der Waals surface area (Å²) < 4.78 is 0. The molecule has 6 nitrogen and oxygen atoms in total. The Balaban J connectivity index is 1.11. The van der Waals surface area contributed by atoms with Crippen LogP contribution >= 0.6 is 11.6 Å². The Labute approximate surface area is 194 Å². The van der Waals surface area contributed by atoms with E-state index in [-0.39, 0.29) is 5.92 Å². The smallest absolute Gasteiger partial charge is 0.225 e. The molecule has 0 radical (unpaired) electrons. The standard InChI is InChI=1S/C25H30ClN5O/c1-18-5-6-22-23(15-18)28-24(27-22)17-29-9-7-19(8-10-29)25(32)31-13-11-30(12-14-31)21-4-2-3-20(26)16-21/h2-6,15-16,19H,7-14,17H2,1H3,(H,27,28). The molecule has 0 atom stereocenters. The zero-order valence-corrected chi connectivity index (χ0v) is 19.3. The van der Waals surface area contributed by atoms with Gasteiger partial charge in [-0.15, -0.1) is 0 Å². The van der Waals surface area contributed by atoms with Gasteiger partial charge in [-0.25, -0.2) is 4.98 Å². The lowest BCUT2D eigenvalue weighted by Gasteiger charge is -2.39. The second kappa shape index (κ2) is 9.12. The molecule has 32 heavy (non-hydrogen) atoms. The van der Waals surface area contributed by atoms with Gasteiger partial charge in [0.1, 0.15) is 5.82 Å². The van der Waals surface area contributed by atoms with Crippen LogP contribution in [0.1, 0.15) is 24.2 Å². The van der Waals surface area contributed by atoms with Gasteiger partial charge in [-0.2, -0.15) is 0 Å². The quantitative estimate of drug-likeness (QED) is 0.649. The van der Waals surface area contributed by atoms with Crippen LogP contribution in [0, 0.1) is 12.8 Å². The number of benzene rings is 2. The van der Waals surface area contributed by atoms with E-state index in [1.54, 1.807) is 0 Å². The molecule has 2 saturated heterocycles. The first-order valence-electron chi connectivity index (χ1n) is 11.5. The van der Waals surface area contributed by atoms with Crippen LogP contribution in [0.3, 0.4) is 0 Å². The van der Waals surface area contributed by atoms with Crippen LogP contribution in [-0.4, -0.2) is 64.9 Å². The molecule has 2 aliphatic rings. The van der Waals surface area contributed by atoms with Crippen molar-refractivity contribution in [1.82, 2.24) is 19.8 Å². The Bertz CT molecular complexity index is 1100. The molecule has 168 valence electrons. The van der Waals surface area contributed by atoms with Crippen molar-refractivity contribution in [3.8, 4) is 0 Å². The highest BCUT2D eigenvalue weighted by Gasteiger charge is 2.30. The number of carbonyl (C=O) groups is 1. The molecule has 3 heterocycles. The van der Waals surface area contributed by atoms with Crippen molar-refractivity contribution in [2.75, 3.05) is 44.2 Å². The number of rotatable bonds is 4. The van der Waals surface area contributed by atoms with Gasteiger partial charge in [-0.05, 0) is 68.8 Å². The number of fused-ring (bicyclic) bond motifs is 1. The zero-order chi connectivity index (χ0) is 22.1. The van der Waals surface area contributed by atoms with Gasteiger partial charge in [-0.1, -0.05) is 23.7 Å². The zero-order valence-electron chi connectivity index (χ0n) is 18.6. The SMILES string of the molecule is Cc1ccc2nc(CN3CCC(C(=O)N4CCN(c5cccc(Cl)c5)CC4)CC3)[nH]c2c1. The van der Waals surface area contributed by atoms with Gasteiger partial charge in [0.2, 0.25) is 5.91 Å². The number of H-pyrrole nitrogens is 1. The largest absolute Gasteiger partial charge is 0.368 e. The first kappa shape index (κ1) is 21.3. The molecule has 2 aromatic carbocycles. The molecule has 0 aliphatic carbocycles. The van der Waals surface area contributed by atoms with Gasteiger partial charge in [0.15, 0.2) is 0 Å². The molecule has 0 spiro atoms. The molecule has 2 fully saturated rings. The third kappa shape index (κ3) is 4.62. The third-order valence-electron chi connectivity index (χ3n) is 6.76. The van der Waals surface area contributed by atoms with Gasteiger partial charge in [0.25, 0.3) is 0 Å². The summed E-state index contributed by atoms with van der Waals surface area (Å²) in [4.78, 5) is 28.1. The van der Waals surface area contributed by atoms with Crippen LogP contribution < -0.4 is 4.90 Å². The van der Waals surface area contributed by atoms with Crippen molar-refractivity contribution in [3.63, 3.8) is 0 Å². The minimum Gasteiger partial charge on any atom is -0.368 e. The number of piperazine rings is 1. The Kier molecular flexibility index (Phi) is 6.07. The van der Waals surface area contributed by atoms with E-state index in [9.17, 15) is 4.79 Å². The van der Waals surface area contributed by atoms with E-state index in [0.29, 0.717) is 5.91 Å². The number of carbonyl (C=O) groups excluding carboxylic acids is 1. The van der Waals surface area contributed by atoms with Crippen LogP contribution in [0.4, 0.5) is 5.69 Å². The molecule has 0 saturated carbocycles. The van der Waals surface area contributed by atoms with Gasteiger partial charge in [0, 0.05) is 42.8 Å². The van der Waals surface area contributed by atoms with E-state index in [2.05, 4.69) is 50.9 Å². The van der Waals surface area contributed by atoms with Crippen molar-refractivity contribution in [2.45, 2.75) is 26.3 Å². The van der Waals surface area contributed by atoms with Crippen molar-refractivity contribution < 1.29 is 4.79 Å². The molecule has 0 unspecified atom stereocenters. The summed E-state index contributed by atoms with van der Waals surface area (Å²) in [5.74, 6) is 1.48. The number of imidazole rings is 1. The number of hydrogen-bond donors (Lipinski definition) is 1. The number of aromatic nitrogens is 2. The average Bonchev–Trinajstić information content (AvgIpc) is 3.20. The number of halogens is 1. The summed E-state index contributed by atoms with van der Waals surface area (Å²) in [7, 11) is 0. The second-order valence-electron chi connectivity index (χ2n) is 9.05. The normalized spacial score (nSPS) is 18.4. The minimum atomic E-state index is 0.141. The maximum Gasteiger partial charge on any atom is 0.225 e. The molecule has 1 aromatic heterocycles. The lowest BCUT2D eigenvalue weighted by atomic mass is 9.95. The van der Waals surface area contributed by atoms with Crippen molar-refractivity contribution in [1.29, 1.82) is 0 Å². The fourth-order valence-electron chi connectivity index (χ4n) is 4.92. The van der Waals surface area contributed by atoms with Crippen LogP contribution in [0.5, 0.6) is 0 Å². The first-order valence-corrected chi connectivity index (χ1v) is 11.9. The fourth-order valence-corrected chi connectivity index (χ4v) is 5.10. The number of amides is 1. The number of nitrogens with zero attached hydrogens (tertiary/aromatic N) is 4. The van der Waals surface area contributed by atoms with Crippen molar-refractivity contribution >= 4 is 34.2 Å². The molecular weight excluding hydrogens is 422 g/mol. The molecule has 7 heteroatoms. The predicted octanol–water partition coefficient (Wildman–Crippen LogP) is 4.09. The highest BCUT2D eigenvalue weighted by molar-refractivity contribution is 6.30. The summed E-state index contributed by atoms with van der Waals surface area (Å²) in [5.41, 5.74) is 4.49. The number of nitrogens with one attached hydrogen (secondary N) is 1. The molecular formula is C25H30ClN5O. The predicted molar refractivity (Wildman–Crippen MR) is 129 cm³/mol. The number of aromatic amines is 1. The Morgan fingerprint density at radius 1 is 1.06 bits per heavy atom. The second-order valence-corrected chi connectivity index (χ2v) is 9.48. The topological polar surface area (TPSA) is 55.5 Å². The van der Waals surface area contributed by atoms with E-state index in [1.807, 2.05) is 18.2 Å². The lowest BCUT2D eigenvalue weighted by Crippen LogP contribution is -2.51. The molecule has 0 bridgehead atoms. The summed E-state index contributed by atoms with van der Waals surface area (Å²) >= 11 is 6.13. The summed E-state index contributed by atoms with van der Waals surface area (Å²) in [6, 6.07) is 14.3. The van der Waals surface area contributed by atoms with E-state index < -0.39 is 0 Å². The monoisotopic (exact) mass is 451 g/mol. The Morgan fingerprint density at radius 3 is 2.59 bits per heavy atom. The summed E-state index contributed by atoms with van der Waals surface area (Å²) in [5, 5.41) is 0.755. The van der Waals surface area contributed by atoms with E-state index in [0.717, 1.165) is 86.2 Å². The molecule has 2 aliphatic heterocycles. The average molecular weight is 452 g/mol. The third-order valence-corrected chi connectivity index (χ3v) is 7.00.